The topological polar surface area (TPSA) is 36.4 Å². The summed E-state index contributed by atoms with van der Waals surface area (Å²) in [7, 11) is 0. The van der Waals surface area contributed by atoms with Crippen LogP contribution < -0.4 is 4.90 Å². The van der Waals surface area contributed by atoms with E-state index >= 15 is 0 Å². The maximum atomic E-state index is 11.3. The normalized spacial score (nSPS) is 21.6. The van der Waals surface area contributed by atoms with Crippen LogP contribution in [0.1, 0.15) is 42.3 Å². The number of carbonyl (C=O) groups excluding carboxylic acids is 1. The molecule has 2 fully saturated rings. The molecule has 0 atom stereocenters. The van der Waals surface area contributed by atoms with E-state index in [9.17, 15) is 4.79 Å². The van der Waals surface area contributed by atoms with Crippen molar-refractivity contribution in [3.8, 4) is 0 Å². The number of nitrogens with zero attached hydrogens (tertiary/aromatic N) is 3. The Hall–Kier alpha value is -0.940. The fraction of sp³-hybridized carbons (Fsp3) is 0.733. The molecule has 3 rings (SSSR count). The molecule has 2 saturated heterocycles. The largest absolute Gasteiger partial charge is 0.348 e. The SMILES string of the molecule is CC(=O)c1cnc(N2CCC(CN3CCCC3)CC2)s1. The number of aromatic nitrogens is 1. The first-order valence-electron chi connectivity index (χ1n) is 7.66. The lowest BCUT2D eigenvalue weighted by Crippen LogP contribution is -2.38. The number of hydrogen-bond donors (Lipinski definition) is 0. The standard InChI is InChI=1S/C15H23N3OS/c1-12(19)14-10-16-15(20-14)18-8-4-13(5-9-18)11-17-6-2-3-7-17/h10,13H,2-9,11H2,1H3. The molecular weight excluding hydrogens is 270 g/mol. The van der Waals surface area contributed by atoms with Crippen LogP contribution in [-0.4, -0.2) is 48.4 Å². The Kier molecular flexibility index (Phi) is 4.36. The Morgan fingerprint density at radius 2 is 2.00 bits per heavy atom. The van der Waals surface area contributed by atoms with Crippen LogP contribution in [0.2, 0.25) is 0 Å². The predicted molar refractivity (Wildman–Crippen MR) is 82.7 cm³/mol. The third-order valence-electron chi connectivity index (χ3n) is 4.44. The van der Waals surface area contributed by atoms with E-state index in [-0.39, 0.29) is 5.78 Å². The average molecular weight is 293 g/mol. The van der Waals surface area contributed by atoms with Crippen molar-refractivity contribution in [3.63, 3.8) is 0 Å². The van der Waals surface area contributed by atoms with Crippen molar-refractivity contribution in [2.45, 2.75) is 32.6 Å². The second-order valence-electron chi connectivity index (χ2n) is 6.00. The first-order valence-corrected chi connectivity index (χ1v) is 8.48. The zero-order chi connectivity index (χ0) is 13.9. The molecule has 0 radical (unpaired) electrons. The van der Waals surface area contributed by atoms with Crippen molar-refractivity contribution in [2.75, 3.05) is 37.6 Å². The van der Waals surface area contributed by atoms with E-state index in [1.54, 1.807) is 13.1 Å². The monoisotopic (exact) mass is 293 g/mol. The molecule has 0 aliphatic carbocycles. The van der Waals surface area contributed by atoms with E-state index in [4.69, 9.17) is 0 Å². The fourth-order valence-electron chi connectivity index (χ4n) is 3.21. The van der Waals surface area contributed by atoms with Crippen LogP contribution in [0.4, 0.5) is 5.13 Å². The highest BCUT2D eigenvalue weighted by atomic mass is 32.1. The van der Waals surface area contributed by atoms with Crippen molar-refractivity contribution >= 4 is 22.3 Å². The van der Waals surface area contributed by atoms with Gasteiger partial charge in [0, 0.05) is 26.6 Å². The van der Waals surface area contributed by atoms with E-state index in [0.29, 0.717) is 0 Å². The van der Waals surface area contributed by atoms with Gasteiger partial charge in [-0.25, -0.2) is 4.98 Å². The highest BCUT2D eigenvalue weighted by Gasteiger charge is 2.24. The van der Waals surface area contributed by atoms with Gasteiger partial charge in [0.05, 0.1) is 11.1 Å². The molecule has 3 heterocycles. The molecule has 0 unspecified atom stereocenters. The summed E-state index contributed by atoms with van der Waals surface area (Å²) in [5.74, 6) is 0.967. The third kappa shape index (κ3) is 3.20. The summed E-state index contributed by atoms with van der Waals surface area (Å²) < 4.78 is 0. The van der Waals surface area contributed by atoms with E-state index in [1.165, 1.54) is 56.7 Å². The van der Waals surface area contributed by atoms with Crippen LogP contribution in [-0.2, 0) is 0 Å². The van der Waals surface area contributed by atoms with Gasteiger partial charge >= 0.3 is 0 Å². The average Bonchev–Trinajstić information content (AvgIpc) is 3.10. The number of piperidine rings is 1. The van der Waals surface area contributed by atoms with Crippen molar-refractivity contribution in [1.82, 2.24) is 9.88 Å². The molecule has 20 heavy (non-hydrogen) atoms. The highest BCUT2D eigenvalue weighted by molar-refractivity contribution is 7.17. The molecule has 5 heteroatoms. The summed E-state index contributed by atoms with van der Waals surface area (Å²) in [6.07, 6.45) is 6.99. The summed E-state index contributed by atoms with van der Waals surface area (Å²) in [6, 6.07) is 0. The van der Waals surface area contributed by atoms with Gasteiger partial charge in [-0.1, -0.05) is 11.3 Å². The van der Waals surface area contributed by atoms with Gasteiger partial charge < -0.3 is 9.80 Å². The molecule has 2 aliphatic heterocycles. The van der Waals surface area contributed by atoms with Crippen LogP contribution in [0.3, 0.4) is 0 Å². The Morgan fingerprint density at radius 1 is 1.30 bits per heavy atom. The smallest absolute Gasteiger partial charge is 0.185 e. The van der Waals surface area contributed by atoms with E-state index in [1.807, 2.05) is 0 Å². The van der Waals surface area contributed by atoms with Gasteiger partial charge in [0.15, 0.2) is 10.9 Å². The summed E-state index contributed by atoms with van der Waals surface area (Å²) in [4.78, 5) is 21.5. The van der Waals surface area contributed by atoms with Gasteiger partial charge in [0.1, 0.15) is 0 Å². The lowest BCUT2D eigenvalue weighted by atomic mass is 9.96. The van der Waals surface area contributed by atoms with E-state index in [0.717, 1.165) is 29.0 Å². The van der Waals surface area contributed by atoms with Gasteiger partial charge in [-0.2, -0.15) is 0 Å². The molecule has 2 aliphatic rings. The quantitative estimate of drug-likeness (QED) is 0.800. The number of Topliss-reactive ketones (excluding diaryl/α,β-unsaturated/α-hetero) is 1. The lowest BCUT2D eigenvalue weighted by Gasteiger charge is -2.33. The first-order chi connectivity index (χ1) is 9.72. The Labute approximate surface area is 124 Å². The zero-order valence-electron chi connectivity index (χ0n) is 12.2. The molecule has 0 spiro atoms. The minimum Gasteiger partial charge on any atom is -0.348 e. The maximum Gasteiger partial charge on any atom is 0.185 e. The number of rotatable bonds is 4. The molecule has 1 aromatic rings. The molecule has 4 nitrogen and oxygen atoms in total. The summed E-state index contributed by atoms with van der Waals surface area (Å²) in [5.41, 5.74) is 0. The number of hydrogen-bond acceptors (Lipinski definition) is 5. The minimum absolute atomic E-state index is 0.123. The summed E-state index contributed by atoms with van der Waals surface area (Å²) in [5, 5.41) is 1.02. The van der Waals surface area contributed by atoms with Gasteiger partial charge in [-0.05, 0) is 44.7 Å². The zero-order valence-corrected chi connectivity index (χ0v) is 13.0. The Morgan fingerprint density at radius 3 is 2.60 bits per heavy atom. The number of carbonyl (C=O) groups is 1. The maximum absolute atomic E-state index is 11.3. The summed E-state index contributed by atoms with van der Waals surface area (Å²) >= 11 is 1.54. The van der Waals surface area contributed by atoms with Gasteiger partial charge in [-0.3, -0.25) is 4.79 Å². The Balaban J connectivity index is 1.51. The van der Waals surface area contributed by atoms with E-state index in [2.05, 4.69) is 14.8 Å². The first kappa shape index (κ1) is 14.0. The van der Waals surface area contributed by atoms with Gasteiger partial charge in [-0.15, -0.1) is 0 Å². The van der Waals surface area contributed by atoms with Gasteiger partial charge in [0.2, 0.25) is 0 Å². The fourth-order valence-corrected chi connectivity index (χ4v) is 4.07. The van der Waals surface area contributed by atoms with Crippen LogP contribution in [0.5, 0.6) is 0 Å². The van der Waals surface area contributed by atoms with Crippen molar-refractivity contribution < 1.29 is 4.79 Å². The second-order valence-corrected chi connectivity index (χ2v) is 7.01. The van der Waals surface area contributed by atoms with Crippen LogP contribution in [0.15, 0.2) is 6.20 Å². The third-order valence-corrected chi connectivity index (χ3v) is 5.60. The van der Waals surface area contributed by atoms with Crippen molar-refractivity contribution in [2.24, 2.45) is 5.92 Å². The number of anilines is 1. The predicted octanol–water partition coefficient (Wildman–Crippen LogP) is 2.66. The molecule has 0 aromatic carbocycles. The molecule has 0 N–H and O–H groups in total. The molecular formula is C15H23N3OS. The highest BCUT2D eigenvalue weighted by Crippen LogP contribution is 2.28. The number of ketones is 1. The molecule has 0 bridgehead atoms. The van der Waals surface area contributed by atoms with Crippen molar-refractivity contribution in [1.29, 1.82) is 0 Å². The van der Waals surface area contributed by atoms with Gasteiger partial charge in [0.25, 0.3) is 0 Å². The summed E-state index contributed by atoms with van der Waals surface area (Å²) in [6.45, 7) is 7.67. The van der Waals surface area contributed by atoms with Crippen LogP contribution in [0, 0.1) is 5.92 Å². The number of likely N-dealkylation sites (tertiary alicyclic amines) is 1. The number of thiazole rings is 1. The Bertz CT molecular complexity index is 459. The minimum atomic E-state index is 0.123. The molecule has 0 saturated carbocycles. The molecule has 110 valence electrons. The molecule has 1 aromatic heterocycles. The second kappa shape index (κ2) is 6.22. The van der Waals surface area contributed by atoms with Crippen LogP contribution >= 0.6 is 11.3 Å². The van der Waals surface area contributed by atoms with Crippen LogP contribution in [0.25, 0.3) is 0 Å². The van der Waals surface area contributed by atoms with E-state index < -0.39 is 0 Å². The molecule has 0 amide bonds. The van der Waals surface area contributed by atoms with Crippen molar-refractivity contribution in [3.05, 3.63) is 11.1 Å². The lowest BCUT2D eigenvalue weighted by molar-refractivity contribution is 0.102.